The second-order valence-corrected chi connectivity index (χ2v) is 5.09. The van der Waals surface area contributed by atoms with E-state index in [0.717, 1.165) is 6.42 Å². The van der Waals surface area contributed by atoms with Gasteiger partial charge in [0.2, 0.25) is 5.91 Å². The Bertz CT molecular complexity index is 408. The van der Waals surface area contributed by atoms with Gasteiger partial charge in [-0.1, -0.05) is 30.3 Å². The molecule has 0 aromatic heterocycles. The third-order valence-electron chi connectivity index (χ3n) is 3.41. The summed E-state index contributed by atoms with van der Waals surface area (Å²) < 4.78 is 5.66. The molecule has 1 aromatic rings. The molecule has 0 bridgehead atoms. The molecule has 1 heterocycles. The Balaban J connectivity index is 1.85. The molecule has 4 nitrogen and oxygen atoms in total. The van der Waals surface area contributed by atoms with Crippen LogP contribution in [-0.4, -0.2) is 42.6 Å². The molecule has 4 heteroatoms. The van der Waals surface area contributed by atoms with Gasteiger partial charge in [0.1, 0.15) is 0 Å². The zero-order chi connectivity index (χ0) is 13.7. The van der Waals surface area contributed by atoms with E-state index in [1.54, 1.807) is 0 Å². The van der Waals surface area contributed by atoms with Crippen molar-refractivity contribution in [2.45, 2.75) is 32.0 Å². The Kier molecular flexibility index (Phi) is 4.93. The number of nitrogens with two attached hydrogens (primary N) is 1. The first-order valence-electron chi connectivity index (χ1n) is 6.86. The molecular formula is C15H22N2O2. The fraction of sp³-hybridized carbons (Fsp3) is 0.533. The number of amides is 1. The van der Waals surface area contributed by atoms with Gasteiger partial charge in [-0.15, -0.1) is 0 Å². The molecule has 2 rings (SSSR count). The lowest BCUT2D eigenvalue weighted by molar-refractivity contribution is -0.143. The number of carbonyl (C=O) groups excluding carboxylic acids is 1. The van der Waals surface area contributed by atoms with Crippen molar-refractivity contribution in [2.24, 2.45) is 5.73 Å². The maximum Gasteiger partial charge on any atom is 0.223 e. The molecule has 2 unspecified atom stereocenters. The maximum atomic E-state index is 12.2. The predicted molar refractivity (Wildman–Crippen MR) is 74.7 cm³/mol. The maximum absolute atomic E-state index is 12.2. The number of nitrogens with zero attached hydrogens (tertiary/aromatic N) is 1. The molecule has 1 aliphatic rings. The van der Waals surface area contributed by atoms with Gasteiger partial charge in [0.05, 0.1) is 12.2 Å². The van der Waals surface area contributed by atoms with E-state index in [0.29, 0.717) is 26.1 Å². The number of ether oxygens (including phenoxy) is 1. The zero-order valence-corrected chi connectivity index (χ0v) is 11.4. The van der Waals surface area contributed by atoms with Gasteiger partial charge >= 0.3 is 0 Å². The van der Waals surface area contributed by atoms with Gasteiger partial charge < -0.3 is 15.4 Å². The molecule has 0 radical (unpaired) electrons. The molecular weight excluding hydrogens is 240 g/mol. The zero-order valence-electron chi connectivity index (χ0n) is 11.4. The number of hydrogen-bond acceptors (Lipinski definition) is 3. The summed E-state index contributed by atoms with van der Waals surface area (Å²) in [6, 6.07) is 10.1. The van der Waals surface area contributed by atoms with E-state index < -0.39 is 0 Å². The minimum Gasteiger partial charge on any atom is -0.370 e. The van der Waals surface area contributed by atoms with Gasteiger partial charge in [-0.2, -0.15) is 0 Å². The van der Waals surface area contributed by atoms with Gasteiger partial charge in [0, 0.05) is 26.1 Å². The van der Waals surface area contributed by atoms with Gasteiger partial charge in [-0.3, -0.25) is 4.79 Å². The summed E-state index contributed by atoms with van der Waals surface area (Å²) in [6.07, 6.45) is 1.39. The third-order valence-corrected chi connectivity index (χ3v) is 3.41. The van der Waals surface area contributed by atoms with Crippen LogP contribution < -0.4 is 5.73 Å². The van der Waals surface area contributed by atoms with Crippen LogP contribution in [0, 0.1) is 0 Å². The Morgan fingerprint density at radius 2 is 2.11 bits per heavy atom. The van der Waals surface area contributed by atoms with Crippen molar-refractivity contribution < 1.29 is 9.53 Å². The summed E-state index contributed by atoms with van der Waals surface area (Å²) in [5.41, 5.74) is 6.83. The van der Waals surface area contributed by atoms with Crippen molar-refractivity contribution in [3.05, 3.63) is 35.9 Å². The minimum absolute atomic E-state index is 0.0237. The number of morpholine rings is 1. The number of aryl methyl sites for hydroxylation is 1. The van der Waals surface area contributed by atoms with Crippen LogP contribution in [0.3, 0.4) is 0 Å². The van der Waals surface area contributed by atoms with Crippen molar-refractivity contribution in [3.8, 4) is 0 Å². The average molecular weight is 262 g/mol. The van der Waals surface area contributed by atoms with Crippen LogP contribution >= 0.6 is 0 Å². The van der Waals surface area contributed by atoms with E-state index in [1.807, 2.05) is 30.0 Å². The molecule has 0 aliphatic carbocycles. The fourth-order valence-corrected chi connectivity index (χ4v) is 2.43. The molecule has 2 N–H and O–H groups in total. The number of carbonyl (C=O) groups is 1. The highest BCUT2D eigenvalue weighted by Gasteiger charge is 2.27. The number of benzene rings is 1. The molecule has 1 amide bonds. The lowest BCUT2D eigenvalue weighted by Gasteiger charge is -2.36. The van der Waals surface area contributed by atoms with Gasteiger partial charge in [-0.25, -0.2) is 0 Å². The topological polar surface area (TPSA) is 55.6 Å². The molecule has 0 spiro atoms. The SMILES string of the molecule is CC1CN(C(=O)CCc2ccccc2)CC(CN)O1. The highest BCUT2D eigenvalue weighted by Crippen LogP contribution is 2.13. The summed E-state index contributed by atoms with van der Waals surface area (Å²) in [7, 11) is 0. The summed E-state index contributed by atoms with van der Waals surface area (Å²) in [5, 5.41) is 0. The van der Waals surface area contributed by atoms with Gasteiger partial charge in [0.25, 0.3) is 0 Å². The largest absolute Gasteiger partial charge is 0.370 e. The molecule has 104 valence electrons. The highest BCUT2D eigenvalue weighted by molar-refractivity contribution is 5.76. The first-order chi connectivity index (χ1) is 9.19. The van der Waals surface area contributed by atoms with Crippen LogP contribution in [0.2, 0.25) is 0 Å². The van der Waals surface area contributed by atoms with E-state index in [1.165, 1.54) is 5.56 Å². The van der Waals surface area contributed by atoms with E-state index in [4.69, 9.17) is 10.5 Å². The molecule has 2 atom stereocenters. The van der Waals surface area contributed by atoms with Crippen LogP contribution in [0.5, 0.6) is 0 Å². The van der Waals surface area contributed by atoms with Crippen LogP contribution in [0.15, 0.2) is 30.3 Å². The van der Waals surface area contributed by atoms with Crippen molar-refractivity contribution in [1.82, 2.24) is 4.90 Å². The Labute approximate surface area is 114 Å². The Morgan fingerprint density at radius 3 is 2.79 bits per heavy atom. The van der Waals surface area contributed by atoms with Crippen molar-refractivity contribution in [3.63, 3.8) is 0 Å². The van der Waals surface area contributed by atoms with E-state index in [2.05, 4.69) is 12.1 Å². The highest BCUT2D eigenvalue weighted by atomic mass is 16.5. The average Bonchev–Trinajstić information content (AvgIpc) is 2.45. The summed E-state index contributed by atoms with van der Waals surface area (Å²) in [6.45, 7) is 3.74. The van der Waals surface area contributed by atoms with E-state index in [-0.39, 0.29) is 18.1 Å². The van der Waals surface area contributed by atoms with Gasteiger partial charge in [0.15, 0.2) is 0 Å². The molecule has 19 heavy (non-hydrogen) atoms. The molecule has 1 aliphatic heterocycles. The number of rotatable bonds is 4. The van der Waals surface area contributed by atoms with Crippen LogP contribution in [-0.2, 0) is 16.0 Å². The Morgan fingerprint density at radius 1 is 1.37 bits per heavy atom. The van der Waals surface area contributed by atoms with E-state index in [9.17, 15) is 4.79 Å². The minimum atomic E-state index is -0.0237. The lowest BCUT2D eigenvalue weighted by atomic mass is 10.1. The molecule has 1 aromatic carbocycles. The third kappa shape index (κ3) is 4.04. The summed E-state index contributed by atoms with van der Waals surface area (Å²) >= 11 is 0. The van der Waals surface area contributed by atoms with E-state index >= 15 is 0 Å². The van der Waals surface area contributed by atoms with Crippen molar-refractivity contribution in [1.29, 1.82) is 0 Å². The molecule has 1 fully saturated rings. The van der Waals surface area contributed by atoms with Crippen molar-refractivity contribution >= 4 is 5.91 Å². The normalized spacial score (nSPS) is 23.4. The predicted octanol–water partition coefficient (Wildman–Crippen LogP) is 1.19. The van der Waals surface area contributed by atoms with Gasteiger partial charge in [-0.05, 0) is 18.9 Å². The monoisotopic (exact) mass is 262 g/mol. The second kappa shape index (κ2) is 6.68. The van der Waals surface area contributed by atoms with Crippen LogP contribution in [0.25, 0.3) is 0 Å². The van der Waals surface area contributed by atoms with Crippen LogP contribution in [0.4, 0.5) is 0 Å². The molecule has 0 saturated carbocycles. The van der Waals surface area contributed by atoms with Crippen molar-refractivity contribution in [2.75, 3.05) is 19.6 Å². The first-order valence-corrected chi connectivity index (χ1v) is 6.86. The lowest BCUT2D eigenvalue weighted by Crippen LogP contribution is -2.51. The quantitative estimate of drug-likeness (QED) is 0.887. The second-order valence-electron chi connectivity index (χ2n) is 5.09. The Hall–Kier alpha value is -1.39. The number of hydrogen-bond donors (Lipinski definition) is 1. The summed E-state index contributed by atoms with van der Waals surface area (Å²) in [4.78, 5) is 14.1. The first kappa shape index (κ1) is 14.0. The van der Waals surface area contributed by atoms with Crippen LogP contribution in [0.1, 0.15) is 18.9 Å². The summed E-state index contributed by atoms with van der Waals surface area (Å²) in [5.74, 6) is 0.192. The standard InChI is InChI=1S/C15H22N2O2/c1-12-10-17(11-14(9-16)19-12)15(18)8-7-13-5-3-2-4-6-13/h2-6,12,14H,7-11,16H2,1H3. The molecule has 1 saturated heterocycles. The smallest absolute Gasteiger partial charge is 0.223 e. The fourth-order valence-electron chi connectivity index (χ4n) is 2.43.